The number of hydrazone groups is 1. The molecular weight excluding hydrogens is 284 g/mol. The molecule has 0 atom stereocenters. The molecule has 2 aromatic rings. The van der Waals surface area contributed by atoms with Crippen molar-refractivity contribution in [3.05, 3.63) is 42.5 Å². The van der Waals surface area contributed by atoms with Gasteiger partial charge >= 0.3 is 0 Å². The van der Waals surface area contributed by atoms with Crippen molar-refractivity contribution >= 4 is 26.5 Å². The first-order valence-corrected chi connectivity index (χ1v) is 8.40. The second kappa shape index (κ2) is 6.26. The van der Waals surface area contributed by atoms with Crippen LogP contribution >= 0.6 is 0 Å². The molecule has 0 radical (unpaired) electrons. The van der Waals surface area contributed by atoms with Gasteiger partial charge in [-0.05, 0) is 42.2 Å². The molecule has 112 valence electrons. The van der Waals surface area contributed by atoms with Gasteiger partial charge in [0.25, 0.3) is 10.0 Å². The molecule has 0 amide bonds. The van der Waals surface area contributed by atoms with Gasteiger partial charge in [-0.1, -0.05) is 44.2 Å². The Balaban J connectivity index is 2.25. The third kappa shape index (κ3) is 4.04. The Bertz CT molecular complexity index is 765. The lowest BCUT2D eigenvalue weighted by Crippen LogP contribution is -2.20. The van der Waals surface area contributed by atoms with Gasteiger partial charge in [-0.2, -0.15) is 13.5 Å². The first kappa shape index (κ1) is 15.5. The summed E-state index contributed by atoms with van der Waals surface area (Å²) in [6, 6.07) is 12.7. The maximum Gasteiger partial charge on any atom is 0.276 e. The highest BCUT2D eigenvalue weighted by molar-refractivity contribution is 7.89. The minimum absolute atomic E-state index is 0.224. The lowest BCUT2D eigenvalue weighted by Gasteiger charge is -2.07. The van der Waals surface area contributed by atoms with E-state index in [1.165, 1.54) is 0 Å². The van der Waals surface area contributed by atoms with E-state index in [2.05, 4.69) is 23.8 Å². The second-order valence-corrected chi connectivity index (χ2v) is 7.21. The van der Waals surface area contributed by atoms with Crippen molar-refractivity contribution in [2.75, 3.05) is 0 Å². The fraction of sp³-hybridized carbons (Fsp3) is 0.312. The highest BCUT2D eigenvalue weighted by Crippen LogP contribution is 2.18. The van der Waals surface area contributed by atoms with Crippen LogP contribution in [0.25, 0.3) is 10.8 Å². The molecule has 4 nitrogen and oxygen atoms in total. The Morgan fingerprint density at radius 3 is 2.48 bits per heavy atom. The van der Waals surface area contributed by atoms with E-state index in [1.807, 2.05) is 31.2 Å². The topological polar surface area (TPSA) is 58.5 Å². The fourth-order valence-corrected chi connectivity index (χ4v) is 3.07. The summed E-state index contributed by atoms with van der Waals surface area (Å²) in [5.74, 6) is 0.443. The number of hydrogen-bond acceptors (Lipinski definition) is 3. The molecule has 0 aliphatic heterocycles. The average Bonchev–Trinajstić information content (AvgIpc) is 2.44. The molecule has 21 heavy (non-hydrogen) atoms. The number of sulfonamides is 1. The summed E-state index contributed by atoms with van der Waals surface area (Å²) in [7, 11) is -3.62. The maximum atomic E-state index is 12.2. The molecule has 0 saturated carbocycles. The van der Waals surface area contributed by atoms with Crippen molar-refractivity contribution in [3.63, 3.8) is 0 Å². The first-order chi connectivity index (χ1) is 9.88. The van der Waals surface area contributed by atoms with E-state index < -0.39 is 10.0 Å². The van der Waals surface area contributed by atoms with Crippen molar-refractivity contribution in [3.8, 4) is 0 Å². The maximum absolute atomic E-state index is 12.2. The van der Waals surface area contributed by atoms with E-state index in [0.717, 1.165) is 22.9 Å². The van der Waals surface area contributed by atoms with E-state index in [9.17, 15) is 8.42 Å². The number of rotatable bonds is 5. The summed E-state index contributed by atoms with van der Waals surface area (Å²) >= 11 is 0. The fourth-order valence-electron chi connectivity index (χ4n) is 2.16. The Morgan fingerprint density at radius 1 is 1.14 bits per heavy atom. The highest BCUT2D eigenvalue weighted by Gasteiger charge is 2.13. The van der Waals surface area contributed by atoms with E-state index in [1.54, 1.807) is 18.2 Å². The van der Waals surface area contributed by atoms with E-state index in [0.29, 0.717) is 5.92 Å². The quantitative estimate of drug-likeness (QED) is 0.678. The van der Waals surface area contributed by atoms with E-state index in [4.69, 9.17) is 0 Å². The number of nitrogens with one attached hydrogen (secondary N) is 1. The standard InChI is InChI=1S/C16H20N2O2S/c1-12(2)10-13(3)17-18-21(19,20)16-9-8-14-6-4-5-7-15(14)11-16/h4-9,11-12,18H,10H2,1-3H3. The van der Waals surface area contributed by atoms with Crippen LogP contribution in [0.15, 0.2) is 52.5 Å². The minimum Gasteiger partial charge on any atom is -0.200 e. The van der Waals surface area contributed by atoms with E-state index >= 15 is 0 Å². The molecule has 1 N–H and O–H groups in total. The first-order valence-electron chi connectivity index (χ1n) is 6.92. The Morgan fingerprint density at radius 2 is 1.81 bits per heavy atom. The molecule has 0 fully saturated rings. The molecule has 5 heteroatoms. The molecule has 2 aromatic carbocycles. The van der Waals surface area contributed by atoms with Crippen LogP contribution in [0.4, 0.5) is 0 Å². The van der Waals surface area contributed by atoms with E-state index in [-0.39, 0.29) is 4.90 Å². The van der Waals surface area contributed by atoms with Crippen molar-refractivity contribution in [2.45, 2.75) is 32.1 Å². The van der Waals surface area contributed by atoms with Gasteiger partial charge in [-0.3, -0.25) is 0 Å². The van der Waals surface area contributed by atoms with Gasteiger partial charge in [0.05, 0.1) is 4.90 Å². The van der Waals surface area contributed by atoms with Gasteiger partial charge in [-0.15, -0.1) is 0 Å². The molecule has 0 aromatic heterocycles. The zero-order chi connectivity index (χ0) is 15.5. The molecular formula is C16H20N2O2S. The summed E-state index contributed by atoms with van der Waals surface area (Å²) in [4.78, 5) is 2.53. The van der Waals surface area contributed by atoms with Crippen molar-refractivity contribution < 1.29 is 8.42 Å². The van der Waals surface area contributed by atoms with Crippen LogP contribution in [0.1, 0.15) is 27.2 Å². The van der Waals surface area contributed by atoms with Gasteiger partial charge in [0, 0.05) is 5.71 Å². The highest BCUT2D eigenvalue weighted by atomic mass is 32.2. The van der Waals surface area contributed by atoms with Crippen molar-refractivity contribution in [1.29, 1.82) is 0 Å². The molecule has 0 aliphatic rings. The summed E-state index contributed by atoms with van der Waals surface area (Å²) < 4.78 is 24.5. The number of nitrogens with zero attached hydrogens (tertiary/aromatic N) is 1. The molecule has 2 rings (SSSR count). The summed E-state index contributed by atoms with van der Waals surface area (Å²) in [6.07, 6.45) is 0.764. The third-order valence-corrected chi connectivity index (χ3v) is 4.30. The number of hydrogen-bond donors (Lipinski definition) is 1. The van der Waals surface area contributed by atoms with Gasteiger partial charge in [0.15, 0.2) is 0 Å². The number of fused-ring (bicyclic) bond motifs is 1. The van der Waals surface area contributed by atoms with Gasteiger partial charge in [0.2, 0.25) is 0 Å². The molecule has 0 unspecified atom stereocenters. The predicted octanol–water partition coefficient (Wildman–Crippen LogP) is 3.54. The van der Waals surface area contributed by atoms with Crippen LogP contribution in [0, 0.1) is 5.92 Å². The minimum atomic E-state index is -3.62. The Hall–Kier alpha value is -1.88. The zero-order valence-corrected chi connectivity index (χ0v) is 13.3. The molecule has 0 heterocycles. The summed E-state index contributed by atoms with van der Waals surface area (Å²) in [5.41, 5.74) is 0.773. The normalized spacial score (nSPS) is 12.9. The Labute approximate surface area is 125 Å². The predicted molar refractivity (Wildman–Crippen MR) is 86.8 cm³/mol. The molecule has 0 spiro atoms. The van der Waals surface area contributed by atoms with Crippen LogP contribution in [0.2, 0.25) is 0 Å². The van der Waals surface area contributed by atoms with Crippen LogP contribution in [-0.4, -0.2) is 14.1 Å². The lowest BCUT2D eigenvalue weighted by atomic mass is 10.1. The molecule has 0 saturated heterocycles. The summed E-state index contributed by atoms with van der Waals surface area (Å²) in [6.45, 7) is 5.95. The zero-order valence-electron chi connectivity index (χ0n) is 12.5. The van der Waals surface area contributed by atoms with Gasteiger partial charge in [-0.25, -0.2) is 4.83 Å². The van der Waals surface area contributed by atoms with Crippen LogP contribution in [-0.2, 0) is 10.0 Å². The SMILES string of the molecule is CC(CC(C)C)=NNS(=O)(=O)c1ccc2ccccc2c1. The van der Waals surface area contributed by atoms with Crippen LogP contribution in [0.5, 0.6) is 0 Å². The lowest BCUT2D eigenvalue weighted by molar-refractivity contribution is 0.583. The van der Waals surface area contributed by atoms with Gasteiger partial charge in [0.1, 0.15) is 0 Å². The third-order valence-electron chi connectivity index (χ3n) is 3.09. The monoisotopic (exact) mass is 304 g/mol. The van der Waals surface area contributed by atoms with Crippen LogP contribution < -0.4 is 4.83 Å². The second-order valence-electron chi connectivity index (χ2n) is 5.55. The van der Waals surface area contributed by atoms with Crippen LogP contribution in [0.3, 0.4) is 0 Å². The Kier molecular flexibility index (Phi) is 4.63. The number of benzene rings is 2. The van der Waals surface area contributed by atoms with Gasteiger partial charge < -0.3 is 0 Å². The smallest absolute Gasteiger partial charge is 0.200 e. The van der Waals surface area contributed by atoms with Crippen molar-refractivity contribution in [2.24, 2.45) is 11.0 Å². The molecule has 0 bridgehead atoms. The largest absolute Gasteiger partial charge is 0.276 e. The average molecular weight is 304 g/mol. The molecule has 0 aliphatic carbocycles. The summed E-state index contributed by atoms with van der Waals surface area (Å²) in [5, 5.41) is 5.87. The van der Waals surface area contributed by atoms with Crippen molar-refractivity contribution in [1.82, 2.24) is 4.83 Å².